The van der Waals surface area contributed by atoms with Gasteiger partial charge in [-0.2, -0.15) is 0 Å². The van der Waals surface area contributed by atoms with Crippen molar-refractivity contribution >= 4 is 18.0 Å². The maximum absolute atomic E-state index is 13.1. The van der Waals surface area contributed by atoms with Crippen molar-refractivity contribution in [2.45, 2.75) is 25.7 Å². The van der Waals surface area contributed by atoms with E-state index < -0.39 is 30.6 Å². The van der Waals surface area contributed by atoms with E-state index in [1.165, 1.54) is 0 Å². The Morgan fingerprint density at radius 3 is 1.64 bits per heavy atom. The third-order valence-electron chi connectivity index (χ3n) is 4.85. The molecule has 3 aromatic rings. The molecule has 33 heavy (non-hydrogen) atoms. The van der Waals surface area contributed by atoms with Crippen LogP contribution in [0, 0.1) is 0 Å². The van der Waals surface area contributed by atoms with Gasteiger partial charge in [0.15, 0.2) is 6.04 Å². The number of esters is 1. The lowest BCUT2D eigenvalue weighted by molar-refractivity contribution is -0.156. The summed E-state index contributed by atoms with van der Waals surface area (Å²) in [5.74, 6) is -1.59. The number of benzene rings is 3. The highest BCUT2D eigenvalue weighted by molar-refractivity contribution is 5.97. The Balaban J connectivity index is 1.75. The Morgan fingerprint density at radius 2 is 1.15 bits per heavy atom. The minimum atomic E-state index is -1.53. The monoisotopic (exact) mass is 447 g/mol. The molecule has 0 saturated carbocycles. The fraction of sp³-hybridized carbons (Fsp3) is 0.192. The molecule has 170 valence electrons. The number of rotatable bonds is 9. The van der Waals surface area contributed by atoms with Crippen LogP contribution in [0.15, 0.2) is 91.0 Å². The first-order valence-corrected chi connectivity index (χ1v) is 10.5. The first-order valence-electron chi connectivity index (χ1n) is 10.5. The van der Waals surface area contributed by atoms with Gasteiger partial charge in [0.1, 0.15) is 13.2 Å². The topological polar surface area (TPSA) is 93.1 Å². The summed E-state index contributed by atoms with van der Waals surface area (Å²) < 4.78 is 10.6. The summed E-state index contributed by atoms with van der Waals surface area (Å²) in [4.78, 5) is 39.3. The Labute approximate surface area is 192 Å². The van der Waals surface area contributed by atoms with E-state index in [1.54, 1.807) is 78.9 Å². The lowest BCUT2D eigenvalue weighted by atomic mass is 10.1. The Hall–Kier alpha value is -3.97. The van der Waals surface area contributed by atoms with Gasteiger partial charge < -0.3 is 14.6 Å². The van der Waals surface area contributed by atoms with Crippen LogP contribution in [0.1, 0.15) is 16.7 Å². The van der Waals surface area contributed by atoms with Crippen molar-refractivity contribution in [1.29, 1.82) is 0 Å². The number of amides is 2. The van der Waals surface area contributed by atoms with Crippen LogP contribution in [0.3, 0.4) is 0 Å². The average Bonchev–Trinajstić information content (AvgIpc) is 2.86. The highest BCUT2D eigenvalue weighted by Crippen LogP contribution is 2.13. The zero-order valence-electron chi connectivity index (χ0n) is 18.0. The molecular weight excluding hydrogens is 422 g/mol. The highest BCUT2D eigenvalue weighted by atomic mass is 16.6. The average molecular weight is 447 g/mol. The summed E-state index contributed by atoms with van der Waals surface area (Å²) in [7, 11) is 0. The van der Waals surface area contributed by atoms with Crippen molar-refractivity contribution < 1.29 is 29.0 Å². The molecule has 3 rings (SSSR count). The van der Waals surface area contributed by atoms with Crippen molar-refractivity contribution in [2.75, 3.05) is 6.61 Å². The first-order chi connectivity index (χ1) is 16.1. The van der Waals surface area contributed by atoms with Crippen molar-refractivity contribution in [3.8, 4) is 0 Å². The van der Waals surface area contributed by atoms with Crippen LogP contribution >= 0.6 is 0 Å². The molecule has 1 N–H and O–H groups in total. The van der Waals surface area contributed by atoms with Crippen LogP contribution in [-0.4, -0.2) is 40.6 Å². The zero-order chi connectivity index (χ0) is 23.5. The van der Waals surface area contributed by atoms with Gasteiger partial charge in [0.2, 0.25) is 5.91 Å². The van der Waals surface area contributed by atoms with Gasteiger partial charge in [-0.3, -0.25) is 4.79 Å². The summed E-state index contributed by atoms with van der Waals surface area (Å²) >= 11 is 0. The molecule has 0 aliphatic heterocycles. The van der Waals surface area contributed by atoms with Crippen LogP contribution < -0.4 is 0 Å². The summed E-state index contributed by atoms with van der Waals surface area (Å²) in [6, 6.07) is 25.1. The van der Waals surface area contributed by atoms with Gasteiger partial charge in [-0.1, -0.05) is 91.0 Å². The number of imide groups is 1. The second kappa shape index (κ2) is 12.2. The molecule has 0 bridgehead atoms. The molecule has 0 aliphatic carbocycles. The van der Waals surface area contributed by atoms with Gasteiger partial charge >= 0.3 is 12.1 Å². The van der Waals surface area contributed by atoms with Gasteiger partial charge in [-0.05, 0) is 16.7 Å². The molecule has 0 heterocycles. The predicted molar refractivity (Wildman–Crippen MR) is 121 cm³/mol. The second-order valence-corrected chi connectivity index (χ2v) is 7.26. The van der Waals surface area contributed by atoms with E-state index >= 15 is 0 Å². The van der Waals surface area contributed by atoms with Crippen LogP contribution in [0.5, 0.6) is 0 Å². The molecular formula is C26H25NO6. The standard InChI is InChI=1S/C26H25NO6/c28-17-23(25(30)32-18-21-12-6-2-7-13-21)27(24(29)16-20-10-4-1-5-11-20)26(31)33-19-22-14-8-3-9-15-22/h1-15,23,28H,16-19H2/t23-/m0/s1. The predicted octanol–water partition coefficient (Wildman–Crippen LogP) is 3.50. The van der Waals surface area contributed by atoms with Gasteiger partial charge in [0, 0.05) is 0 Å². The van der Waals surface area contributed by atoms with E-state index in [9.17, 15) is 19.5 Å². The number of ether oxygens (including phenoxy) is 2. The number of hydrogen-bond donors (Lipinski definition) is 1. The van der Waals surface area contributed by atoms with E-state index in [0.717, 1.165) is 5.56 Å². The lowest BCUT2D eigenvalue weighted by Crippen LogP contribution is -2.51. The number of carbonyl (C=O) groups is 3. The fourth-order valence-corrected chi connectivity index (χ4v) is 3.13. The highest BCUT2D eigenvalue weighted by Gasteiger charge is 2.36. The van der Waals surface area contributed by atoms with Crippen LogP contribution in [-0.2, 0) is 38.7 Å². The maximum Gasteiger partial charge on any atom is 0.417 e. The van der Waals surface area contributed by atoms with E-state index in [-0.39, 0.29) is 19.6 Å². The molecule has 7 nitrogen and oxygen atoms in total. The van der Waals surface area contributed by atoms with Crippen molar-refractivity contribution in [1.82, 2.24) is 4.90 Å². The maximum atomic E-state index is 13.1. The van der Waals surface area contributed by atoms with Crippen molar-refractivity contribution in [3.63, 3.8) is 0 Å². The summed E-state index contributed by atoms with van der Waals surface area (Å²) in [6.45, 7) is -0.948. The summed E-state index contributed by atoms with van der Waals surface area (Å²) in [5.41, 5.74) is 2.10. The quantitative estimate of drug-likeness (QED) is 0.505. The smallest absolute Gasteiger partial charge is 0.417 e. The van der Waals surface area contributed by atoms with E-state index in [2.05, 4.69) is 0 Å². The number of carbonyl (C=O) groups excluding carboxylic acids is 3. The molecule has 0 saturated heterocycles. The Bertz CT molecular complexity index is 1040. The van der Waals surface area contributed by atoms with Gasteiger partial charge in [0.25, 0.3) is 0 Å². The number of aliphatic hydroxyl groups excluding tert-OH is 1. The van der Waals surface area contributed by atoms with E-state index in [0.29, 0.717) is 16.0 Å². The second-order valence-electron chi connectivity index (χ2n) is 7.26. The first kappa shape index (κ1) is 23.7. The molecule has 0 fully saturated rings. The molecule has 0 spiro atoms. The molecule has 1 atom stereocenters. The molecule has 2 amide bonds. The normalized spacial score (nSPS) is 11.3. The molecule has 0 aromatic heterocycles. The minimum absolute atomic E-state index is 0.0596. The fourth-order valence-electron chi connectivity index (χ4n) is 3.13. The van der Waals surface area contributed by atoms with Crippen molar-refractivity contribution in [2.24, 2.45) is 0 Å². The van der Waals surface area contributed by atoms with E-state index in [1.807, 2.05) is 12.1 Å². The van der Waals surface area contributed by atoms with Crippen LogP contribution in [0.25, 0.3) is 0 Å². The molecule has 0 aliphatic rings. The largest absolute Gasteiger partial charge is 0.459 e. The number of nitrogens with zero attached hydrogens (tertiary/aromatic N) is 1. The van der Waals surface area contributed by atoms with Gasteiger partial charge in [-0.25, -0.2) is 14.5 Å². The van der Waals surface area contributed by atoms with Crippen LogP contribution in [0.2, 0.25) is 0 Å². The summed E-state index contributed by atoms with van der Waals surface area (Å²) in [6.07, 6.45) is -1.18. The number of aliphatic hydroxyl groups is 1. The third-order valence-corrected chi connectivity index (χ3v) is 4.85. The third kappa shape index (κ3) is 7.02. The minimum Gasteiger partial charge on any atom is -0.459 e. The molecule has 0 unspecified atom stereocenters. The SMILES string of the molecule is O=C(OCc1ccccc1)[C@H](CO)N(C(=O)Cc1ccccc1)C(=O)OCc1ccccc1. The van der Waals surface area contributed by atoms with Crippen LogP contribution in [0.4, 0.5) is 4.79 Å². The summed E-state index contributed by atoms with van der Waals surface area (Å²) in [5, 5.41) is 9.91. The Kier molecular flexibility index (Phi) is 8.73. The molecule has 3 aromatic carbocycles. The molecule has 7 heteroatoms. The lowest BCUT2D eigenvalue weighted by Gasteiger charge is -2.27. The zero-order valence-corrected chi connectivity index (χ0v) is 18.0. The van der Waals surface area contributed by atoms with Gasteiger partial charge in [-0.15, -0.1) is 0 Å². The van der Waals surface area contributed by atoms with Gasteiger partial charge in [0.05, 0.1) is 13.0 Å². The van der Waals surface area contributed by atoms with E-state index in [4.69, 9.17) is 9.47 Å². The number of hydrogen-bond acceptors (Lipinski definition) is 6. The molecule has 0 radical (unpaired) electrons. The Morgan fingerprint density at radius 1 is 0.697 bits per heavy atom. The van der Waals surface area contributed by atoms with Crippen molar-refractivity contribution in [3.05, 3.63) is 108 Å².